The van der Waals surface area contributed by atoms with Gasteiger partial charge in [-0.15, -0.1) is 21.5 Å². The standard InChI is InChI=1S/C25H18BrN7OS/c26-22-12-11-21(35-22)20-14-15-27-24(29-20)28-18-8-4-5-9-19(18)30-25(34)31-23-13-10-17(32-33-23)16-6-2-1-3-7-16/h1-15H,(H,27,28,29)(H2,30,31,33,34). The fraction of sp³-hybridized carbons (Fsp3) is 0. The van der Waals surface area contributed by atoms with E-state index in [1.807, 2.05) is 72.8 Å². The maximum Gasteiger partial charge on any atom is 0.324 e. The highest BCUT2D eigenvalue weighted by molar-refractivity contribution is 9.11. The summed E-state index contributed by atoms with van der Waals surface area (Å²) in [7, 11) is 0. The van der Waals surface area contributed by atoms with E-state index in [-0.39, 0.29) is 0 Å². The van der Waals surface area contributed by atoms with Crippen molar-refractivity contribution in [1.29, 1.82) is 0 Å². The molecule has 0 unspecified atom stereocenters. The van der Waals surface area contributed by atoms with Gasteiger partial charge in [0.15, 0.2) is 5.82 Å². The second-order valence-corrected chi connectivity index (χ2v) is 9.75. The molecule has 8 nitrogen and oxygen atoms in total. The highest BCUT2D eigenvalue weighted by Gasteiger charge is 2.11. The van der Waals surface area contributed by atoms with E-state index >= 15 is 0 Å². The molecule has 0 fully saturated rings. The average Bonchev–Trinajstić information content (AvgIpc) is 3.33. The van der Waals surface area contributed by atoms with E-state index in [1.54, 1.807) is 29.7 Å². The van der Waals surface area contributed by atoms with E-state index in [2.05, 4.69) is 52.0 Å². The summed E-state index contributed by atoms with van der Waals surface area (Å²) in [4.78, 5) is 22.6. The molecule has 172 valence electrons. The van der Waals surface area contributed by atoms with E-state index in [0.717, 1.165) is 25.6 Å². The van der Waals surface area contributed by atoms with Crippen LogP contribution in [-0.2, 0) is 0 Å². The molecule has 0 saturated carbocycles. The number of carbonyl (C=O) groups is 1. The Morgan fingerprint density at radius 1 is 0.771 bits per heavy atom. The quantitative estimate of drug-likeness (QED) is 0.217. The van der Waals surface area contributed by atoms with Gasteiger partial charge in [-0.1, -0.05) is 42.5 Å². The maximum atomic E-state index is 12.6. The van der Waals surface area contributed by atoms with Crippen LogP contribution in [0.25, 0.3) is 21.8 Å². The predicted molar refractivity (Wildman–Crippen MR) is 143 cm³/mol. The van der Waals surface area contributed by atoms with Crippen LogP contribution >= 0.6 is 27.3 Å². The number of hydrogen-bond donors (Lipinski definition) is 3. The van der Waals surface area contributed by atoms with Gasteiger partial charge in [0.05, 0.1) is 31.4 Å². The van der Waals surface area contributed by atoms with E-state index in [0.29, 0.717) is 23.1 Å². The van der Waals surface area contributed by atoms with Crippen molar-refractivity contribution < 1.29 is 4.79 Å². The largest absolute Gasteiger partial charge is 0.324 e. The summed E-state index contributed by atoms with van der Waals surface area (Å²) < 4.78 is 1.03. The first-order chi connectivity index (χ1) is 17.1. The fourth-order valence-corrected chi connectivity index (χ4v) is 4.62. The third-order valence-corrected chi connectivity index (χ3v) is 6.52. The number of hydrogen-bond acceptors (Lipinski definition) is 7. The van der Waals surface area contributed by atoms with Crippen molar-refractivity contribution >= 4 is 56.4 Å². The Hall–Kier alpha value is -4.15. The Bertz CT molecular complexity index is 1460. The Morgan fingerprint density at radius 3 is 2.31 bits per heavy atom. The van der Waals surface area contributed by atoms with Crippen molar-refractivity contribution in [3.63, 3.8) is 0 Å². The Labute approximate surface area is 213 Å². The smallest absolute Gasteiger partial charge is 0.322 e. The predicted octanol–water partition coefficient (Wildman–Crippen LogP) is 6.81. The van der Waals surface area contributed by atoms with Crippen LogP contribution in [0.4, 0.5) is 27.9 Å². The van der Waals surface area contributed by atoms with Gasteiger partial charge in [-0.3, -0.25) is 5.32 Å². The molecule has 0 atom stereocenters. The molecule has 2 aromatic carbocycles. The van der Waals surface area contributed by atoms with Gasteiger partial charge in [0, 0.05) is 11.8 Å². The molecule has 0 aliphatic heterocycles. The molecule has 3 aromatic heterocycles. The van der Waals surface area contributed by atoms with E-state index < -0.39 is 6.03 Å². The Morgan fingerprint density at radius 2 is 1.57 bits per heavy atom. The van der Waals surface area contributed by atoms with Crippen molar-refractivity contribution in [3.8, 4) is 21.8 Å². The van der Waals surface area contributed by atoms with Gasteiger partial charge >= 0.3 is 6.03 Å². The second kappa shape index (κ2) is 10.4. The summed E-state index contributed by atoms with van der Waals surface area (Å²) in [5, 5.41) is 17.0. The van der Waals surface area contributed by atoms with Crippen molar-refractivity contribution in [2.45, 2.75) is 0 Å². The number of urea groups is 1. The molecular weight excluding hydrogens is 526 g/mol. The first kappa shape index (κ1) is 22.6. The zero-order chi connectivity index (χ0) is 24.0. The Balaban J connectivity index is 1.27. The molecule has 0 aliphatic carbocycles. The molecule has 5 aromatic rings. The molecule has 10 heteroatoms. The monoisotopic (exact) mass is 543 g/mol. The van der Waals surface area contributed by atoms with Crippen molar-refractivity contribution in [1.82, 2.24) is 20.2 Å². The lowest BCUT2D eigenvalue weighted by atomic mass is 10.1. The van der Waals surface area contributed by atoms with Gasteiger partial charge in [0.1, 0.15) is 0 Å². The van der Waals surface area contributed by atoms with Gasteiger partial charge in [-0.2, -0.15) is 0 Å². The summed E-state index contributed by atoms with van der Waals surface area (Å²) in [6, 6.07) is 25.9. The number of anilines is 4. The molecule has 5 rings (SSSR count). The van der Waals surface area contributed by atoms with E-state index in [1.165, 1.54) is 0 Å². The van der Waals surface area contributed by atoms with Crippen LogP contribution < -0.4 is 16.0 Å². The summed E-state index contributed by atoms with van der Waals surface area (Å²) in [5.41, 5.74) is 3.69. The summed E-state index contributed by atoms with van der Waals surface area (Å²) in [5.74, 6) is 0.759. The lowest BCUT2D eigenvalue weighted by Gasteiger charge is -2.13. The minimum absolute atomic E-state index is 0.339. The van der Waals surface area contributed by atoms with Gasteiger partial charge in [-0.05, 0) is 58.4 Å². The topological polar surface area (TPSA) is 105 Å². The fourth-order valence-electron chi connectivity index (χ4n) is 3.26. The molecule has 2 amide bonds. The molecule has 3 heterocycles. The first-order valence-corrected chi connectivity index (χ1v) is 12.2. The number of aromatic nitrogens is 4. The van der Waals surface area contributed by atoms with E-state index in [4.69, 9.17) is 0 Å². The third kappa shape index (κ3) is 5.68. The molecule has 35 heavy (non-hydrogen) atoms. The van der Waals surface area contributed by atoms with Gasteiger partial charge in [0.2, 0.25) is 5.95 Å². The molecule has 0 bridgehead atoms. The van der Waals surface area contributed by atoms with Crippen molar-refractivity contribution in [3.05, 3.63) is 94.9 Å². The number of para-hydroxylation sites is 2. The van der Waals surface area contributed by atoms with Gasteiger partial charge in [0.25, 0.3) is 0 Å². The molecule has 0 spiro atoms. The maximum absolute atomic E-state index is 12.6. The van der Waals surface area contributed by atoms with Crippen LogP contribution in [-0.4, -0.2) is 26.2 Å². The summed E-state index contributed by atoms with van der Waals surface area (Å²) >= 11 is 5.07. The van der Waals surface area contributed by atoms with Crippen LogP contribution in [0, 0.1) is 0 Å². The molecular formula is C25H18BrN7OS. The number of carbonyl (C=O) groups excluding carboxylic acids is 1. The number of halogens is 1. The van der Waals surface area contributed by atoms with Crippen LogP contribution in [0.2, 0.25) is 0 Å². The first-order valence-electron chi connectivity index (χ1n) is 10.6. The zero-order valence-electron chi connectivity index (χ0n) is 18.1. The lowest BCUT2D eigenvalue weighted by molar-refractivity contribution is 0.262. The van der Waals surface area contributed by atoms with Crippen molar-refractivity contribution in [2.75, 3.05) is 16.0 Å². The van der Waals surface area contributed by atoms with Crippen LogP contribution in [0.15, 0.2) is 94.9 Å². The molecule has 0 saturated heterocycles. The highest BCUT2D eigenvalue weighted by Crippen LogP contribution is 2.31. The van der Waals surface area contributed by atoms with Crippen LogP contribution in [0.3, 0.4) is 0 Å². The molecule has 0 radical (unpaired) electrons. The highest BCUT2D eigenvalue weighted by atomic mass is 79.9. The number of rotatable bonds is 6. The SMILES string of the molecule is O=C(Nc1ccc(-c2ccccc2)nn1)Nc1ccccc1Nc1nccc(-c2ccc(Br)s2)n1. The number of nitrogens with one attached hydrogen (secondary N) is 3. The number of amides is 2. The normalized spacial score (nSPS) is 10.5. The van der Waals surface area contributed by atoms with Crippen LogP contribution in [0.1, 0.15) is 0 Å². The minimum Gasteiger partial charge on any atom is -0.322 e. The zero-order valence-corrected chi connectivity index (χ0v) is 20.5. The summed E-state index contributed by atoms with van der Waals surface area (Å²) in [6.45, 7) is 0. The third-order valence-electron chi connectivity index (χ3n) is 4.88. The van der Waals surface area contributed by atoms with E-state index in [9.17, 15) is 4.79 Å². The summed E-state index contributed by atoms with van der Waals surface area (Å²) in [6.07, 6.45) is 1.69. The number of nitrogens with zero attached hydrogens (tertiary/aromatic N) is 4. The molecule has 3 N–H and O–H groups in total. The minimum atomic E-state index is -0.445. The lowest BCUT2D eigenvalue weighted by Crippen LogP contribution is -2.21. The Kier molecular flexibility index (Phi) is 6.73. The van der Waals surface area contributed by atoms with Gasteiger partial charge < -0.3 is 10.6 Å². The van der Waals surface area contributed by atoms with Crippen LogP contribution in [0.5, 0.6) is 0 Å². The molecule has 0 aliphatic rings. The average molecular weight is 544 g/mol. The second-order valence-electron chi connectivity index (χ2n) is 7.29. The van der Waals surface area contributed by atoms with Gasteiger partial charge in [-0.25, -0.2) is 14.8 Å². The number of benzene rings is 2. The van der Waals surface area contributed by atoms with Crippen molar-refractivity contribution in [2.24, 2.45) is 0 Å². The number of thiophene rings is 1.